The summed E-state index contributed by atoms with van der Waals surface area (Å²) in [5.41, 5.74) is 0.364. The molecule has 7 heteroatoms. The lowest BCUT2D eigenvalue weighted by molar-refractivity contribution is 0.392. The van der Waals surface area contributed by atoms with Gasteiger partial charge in [-0.25, -0.2) is 13.8 Å². The minimum Gasteiger partial charge on any atom is -0.497 e. The Morgan fingerprint density at radius 3 is 2.43 bits per heavy atom. The molecule has 0 fully saturated rings. The molecule has 4 aromatic rings. The van der Waals surface area contributed by atoms with Gasteiger partial charge in [0.15, 0.2) is 0 Å². The van der Waals surface area contributed by atoms with Gasteiger partial charge in [0, 0.05) is 6.07 Å². The van der Waals surface area contributed by atoms with Gasteiger partial charge in [-0.1, -0.05) is 24.3 Å². The van der Waals surface area contributed by atoms with Crippen molar-refractivity contribution in [2.75, 3.05) is 14.2 Å². The number of ether oxygens (including phenoxy) is 2. The Balaban J connectivity index is 2.03. The number of nitrogens with zero attached hydrogens (tertiary/aromatic N) is 2. The Morgan fingerprint density at radius 2 is 1.70 bits per heavy atom. The van der Waals surface area contributed by atoms with Gasteiger partial charge in [-0.05, 0) is 42.0 Å². The van der Waals surface area contributed by atoms with Crippen LogP contribution in [0.4, 0.5) is 4.39 Å². The van der Waals surface area contributed by atoms with E-state index < -0.39 is 17.1 Å². The van der Waals surface area contributed by atoms with E-state index in [1.54, 1.807) is 54.6 Å². The zero-order chi connectivity index (χ0) is 21.3. The van der Waals surface area contributed by atoms with E-state index in [4.69, 9.17) is 9.47 Å². The molecule has 3 aromatic carbocycles. The van der Waals surface area contributed by atoms with E-state index >= 15 is 0 Å². The van der Waals surface area contributed by atoms with E-state index in [2.05, 4.69) is 0 Å². The highest BCUT2D eigenvalue weighted by Gasteiger charge is 2.18. The number of hydrogen-bond donors (Lipinski definition) is 0. The molecule has 6 nitrogen and oxygen atoms in total. The fourth-order valence-corrected chi connectivity index (χ4v) is 3.47. The average Bonchev–Trinajstić information content (AvgIpc) is 2.77. The summed E-state index contributed by atoms with van der Waals surface area (Å²) in [5.74, 6) is 0.459. The van der Waals surface area contributed by atoms with Crippen LogP contribution in [0, 0.1) is 5.82 Å². The van der Waals surface area contributed by atoms with Gasteiger partial charge in [0.2, 0.25) is 0 Å². The summed E-state index contributed by atoms with van der Waals surface area (Å²) >= 11 is 0. The van der Waals surface area contributed by atoms with Gasteiger partial charge in [0.25, 0.3) is 5.56 Å². The summed E-state index contributed by atoms with van der Waals surface area (Å²) in [6, 6.07) is 17.7. The third-order valence-electron chi connectivity index (χ3n) is 4.91. The van der Waals surface area contributed by atoms with Crippen LogP contribution >= 0.6 is 0 Å². The molecule has 0 radical (unpaired) electrons. The highest BCUT2D eigenvalue weighted by atomic mass is 19.1. The van der Waals surface area contributed by atoms with Gasteiger partial charge < -0.3 is 9.47 Å². The van der Waals surface area contributed by atoms with E-state index in [0.29, 0.717) is 33.7 Å². The quantitative estimate of drug-likeness (QED) is 0.510. The molecule has 0 amide bonds. The molecule has 0 saturated carbocycles. The van der Waals surface area contributed by atoms with Crippen LogP contribution in [-0.4, -0.2) is 23.4 Å². The topological polar surface area (TPSA) is 62.5 Å². The smallest absolute Gasteiger partial charge is 0.336 e. The fraction of sp³-hybridized carbons (Fsp3) is 0.130. The highest BCUT2D eigenvalue weighted by Crippen LogP contribution is 2.26. The summed E-state index contributed by atoms with van der Waals surface area (Å²) in [7, 11) is 2.97. The maximum atomic E-state index is 13.7. The van der Waals surface area contributed by atoms with Crippen LogP contribution in [0.3, 0.4) is 0 Å². The van der Waals surface area contributed by atoms with Gasteiger partial charge in [0.1, 0.15) is 17.3 Å². The van der Waals surface area contributed by atoms with Crippen molar-refractivity contribution in [1.82, 2.24) is 9.13 Å². The van der Waals surface area contributed by atoms with Crippen molar-refractivity contribution < 1.29 is 13.9 Å². The van der Waals surface area contributed by atoms with Crippen molar-refractivity contribution in [3.8, 4) is 17.2 Å². The molecule has 0 unspecified atom stereocenters. The predicted molar refractivity (Wildman–Crippen MR) is 112 cm³/mol. The van der Waals surface area contributed by atoms with Gasteiger partial charge >= 0.3 is 5.69 Å². The molecule has 0 atom stereocenters. The van der Waals surface area contributed by atoms with Crippen molar-refractivity contribution in [1.29, 1.82) is 0 Å². The Kier molecular flexibility index (Phi) is 5.10. The molecule has 30 heavy (non-hydrogen) atoms. The lowest BCUT2D eigenvalue weighted by Crippen LogP contribution is -2.39. The second kappa shape index (κ2) is 7.87. The van der Waals surface area contributed by atoms with E-state index in [-0.39, 0.29) is 6.54 Å². The molecule has 1 heterocycles. The maximum Gasteiger partial charge on any atom is 0.336 e. The summed E-state index contributed by atoms with van der Waals surface area (Å²) in [4.78, 5) is 26.7. The first-order chi connectivity index (χ1) is 14.5. The monoisotopic (exact) mass is 406 g/mol. The normalized spacial score (nSPS) is 10.9. The zero-order valence-electron chi connectivity index (χ0n) is 16.5. The lowest BCUT2D eigenvalue weighted by atomic mass is 10.2. The Labute approximate surface area is 171 Å². The molecule has 0 saturated heterocycles. The molecule has 0 aliphatic heterocycles. The summed E-state index contributed by atoms with van der Waals surface area (Å²) in [6.45, 7) is 0.107. The van der Waals surface area contributed by atoms with E-state index in [9.17, 15) is 14.0 Å². The SMILES string of the molecule is COc1ccc(-n2c(=O)c3ccccc3n(Cc3cccc(F)c3)c2=O)c(OC)c1. The average molecular weight is 406 g/mol. The Hall–Kier alpha value is -3.87. The standard InChI is InChI=1S/C23H19FN2O4/c1-29-17-10-11-20(21(13-17)30-2)26-22(27)18-8-3-4-9-19(18)25(23(26)28)14-15-6-5-7-16(24)12-15/h3-13H,14H2,1-2H3. The largest absolute Gasteiger partial charge is 0.497 e. The minimum absolute atomic E-state index is 0.107. The molecule has 152 valence electrons. The van der Waals surface area contributed by atoms with Crippen molar-refractivity contribution in [2.24, 2.45) is 0 Å². The van der Waals surface area contributed by atoms with Crippen LogP contribution in [0.25, 0.3) is 16.6 Å². The number of hydrogen-bond acceptors (Lipinski definition) is 4. The lowest BCUT2D eigenvalue weighted by Gasteiger charge is -2.16. The van der Waals surface area contributed by atoms with Crippen LogP contribution in [0.5, 0.6) is 11.5 Å². The highest BCUT2D eigenvalue weighted by molar-refractivity contribution is 5.78. The van der Waals surface area contributed by atoms with E-state index in [1.807, 2.05) is 0 Å². The summed E-state index contributed by atoms with van der Waals surface area (Å²) in [6.07, 6.45) is 0. The molecule has 1 aromatic heterocycles. The fourth-order valence-electron chi connectivity index (χ4n) is 3.47. The number of rotatable bonds is 5. The van der Waals surface area contributed by atoms with Gasteiger partial charge in [-0.2, -0.15) is 0 Å². The molecular formula is C23H19FN2O4. The Morgan fingerprint density at radius 1 is 0.900 bits per heavy atom. The minimum atomic E-state index is -0.550. The predicted octanol–water partition coefficient (Wildman–Crippen LogP) is 3.36. The molecule has 4 rings (SSSR count). The maximum absolute atomic E-state index is 13.7. The molecule has 0 bridgehead atoms. The van der Waals surface area contributed by atoms with Gasteiger partial charge in [-0.15, -0.1) is 0 Å². The van der Waals surface area contributed by atoms with E-state index in [0.717, 1.165) is 4.57 Å². The van der Waals surface area contributed by atoms with Crippen LogP contribution < -0.4 is 20.7 Å². The van der Waals surface area contributed by atoms with Crippen molar-refractivity contribution in [3.05, 3.63) is 98.9 Å². The first-order valence-corrected chi connectivity index (χ1v) is 9.25. The third-order valence-corrected chi connectivity index (χ3v) is 4.91. The van der Waals surface area contributed by atoms with Crippen molar-refractivity contribution >= 4 is 10.9 Å². The second-order valence-corrected chi connectivity index (χ2v) is 6.69. The van der Waals surface area contributed by atoms with Gasteiger partial charge in [-0.3, -0.25) is 9.36 Å². The zero-order valence-corrected chi connectivity index (χ0v) is 16.5. The molecule has 0 spiro atoms. The third kappa shape index (κ3) is 3.34. The van der Waals surface area contributed by atoms with E-state index in [1.165, 1.54) is 30.9 Å². The molecule has 0 N–H and O–H groups in total. The Bertz CT molecular complexity index is 1360. The molecular weight excluding hydrogens is 387 g/mol. The number of benzene rings is 3. The number of fused-ring (bicyclic) bond motifs is 1. The second-order valence-electron chi connectivity index (χ2n) is 6.69. The first-order valence-electron chi connectivity index (χ1n) is 9.25. The van der Waals surface area contributed by atoms with Crippen LogP contribution in [0.2, 0.25) is 0 Å². The van der Waals surface area contributed by atoms with Crippen LogP contribution in [0.1, 0.15) is 5.56 Å². The van der Waals surface area contributed by atoms with Crippen molar-refractivity contribution in [3.63, 3.8) is 0 Å². The van der Waals surface area contributed by atoms with Crippen LogP contribution in [-0.2, 0) is 6.54 Å². The number of methoxy groups -OCH3 is 2. The summed E-state index contributed by atoms with van der Waals surface area (Å²) in [5, 5.41) is 0.367. The molecule has 0 aliphatic rings. The number of aromatic nitrogens is 2. The molecule has 0 aliphatic carbocycles. The van der Waals surface area contributed by atoms with Gasteiger partial charge in [0.05, 0.1) is 37.4 Å². The summed E-state index contributed by atoms with van der Waals surface area (Å²) < 4.78 is 26.8. The van der Waals surface area contributed by atoms with Crippen molar-refractivity contribution in [2.45, 2.75) is 6.54 Å². The number of halogens is 1. The van der Waals surface area contributed by atoms with Crippen LogP contribution in [0.15, 0.2) is 76.3 Å². The number of para-hydroxylation sites is 1. The first kappa shape index (κ1) is 19.4.